The number of aromatic nitrogens is 3. The average Bonchev–Trinajstić information content (AvgIpc) is 2.96. The normalized spacial score (nSPS) is 15.6. The molecule has 1 aliphatic rings. The van der Waals surface area contributed by atoms with Gasteiger partial charge in [0.05, 0.1) is 0 Å². The van der Waals surface area contributed by atoms with Gasteiger partial charge in [0.25, 0.3) is 0 Å². The number of hydrogen-bond acceptors (Lipinski definition) is 2. The highest BCUT2D eigenvalue weighted by Gasteiger charge is 2.14. The van der Waals surface area contributed by atoms with Crippen LogP contribution in [0.1, 0.15) is 41.8 Å². The Balaban J connectivity index is 1.80. The maximum Gasteiger partial charge on any atom is 0.213 e. The van der Waals surface area contributed by atoms with Gasteiger partial charge in [-0.25, -0.2) is 4.98 Å². The zero-order valence-electron chi connectivity index (χ0n) is 10.5. The van der Waals surface area contributed by atoms with Gasteiger partial charge in [0.2, 0.25) is 4.77 Å². The predicted molar refractivity (Wildman–Crippen MR) is 74.4 cm³/mol. The van der Waals surface area contributed by atoms with Gasteiger partial charge in [-0.05, 0) is 54.1 Å². The second-order valence-electron chi connectivity index (χ2n) is 5.10. The summed E-state index contributed by atoms with van der Waals surface area (Å²) in [6.07, 6.45) is 4.68. The van der Waals surface area contributed by atoms with Crippen molar-refractivity contribution in [2.45, 2.75) is 38.5 Å². The van der Waals surface area contributed by atoms with E-state index in [1.165, 1.54) is 36.0 Å². The fourth-order valence-electron chi connectivity index (χ4n) is 2.71. The third-order valence-electron chi connectivity index (χ3n) is 3.74. The molecule has 1 atom stereocenters. The highest BCUT2D eigenvalue weighted by Crippen LogP contribution is 2.27. The summed E-state index contributed by atoms with van der Waals surface area (Å²) >= 11 is 4.97. The molecule has 0 spiro atoms. The molecule has 0 saturated heterocycles. The molecule has 2 N–H and O–H groups in total. The molecule has 3 nitrogen and oxygen atoms in total. The molecule has 0 bridgehead atoms. The first kappa shape index (κ1) is 11.7. The molecule has 0 fully saturated rings. The van der Waals surface area contributed by atoms with Gasteiger partial charge in [0, 0.05) is 6.42 Å². The van der Waals surface area contributed by atoms with Crippen molar-refractivity contribution in [1.82, 2.24) is 15.2 Å². The predicted octanol–water partition coefficient (Wildman–Crippen LogP) is 3.30. The molecule has 1 aliphatic carbocycles. The second-order valence-corrected chi connectivity index (χ2v) is 5.49. The average molecular weight is 259 g/mol. The van der Waals surface area contributed by atoms with E-state index in [1.54, 1.807) is 0 Å². The lowest BCUT2D eigenvalue weighted by atomic mass is 9.94. The van der Waals surface area contributed by atoms with E-state index < -0.39 is 0 Å². The van der Waals surface area contributed by atoms with Crippen molar-refractivity contribution < 1.29 is 0 Å². The maximum atomic E-state index is 4.97. The van der Waals surface area contributed by atoms with Crippen LogP contribution in [0, 0.1) is 4.77 Å². The molecule has 18 heavy (non-hydrogen) atoms. The summed E-state index contributed by atoms with van der Waals surface area (Å²) < 4.78 is 0.533. The van der Waals surface area contributed by atoms with Gasteiger partial charge in [0.1, 0.15) is 5.82 Å². The monoisotopic (exact) mass is 259 g/mol. The zero-order valence-corrected chi connectivity index (χ0v) is 11.3. The Morgan fingerprint density at radius 1 is 1.28 bits per heavy atom. The molecule has 1 aromatic heterocycles. The van der Waals surface area contributed by atoms with Crippen LogP contribution in [0.5, 0.6) is 0 Å². The van der Waals surface area contributed by atoms with E-state index in [1.807, 2.05) is 0 Å². The Morgan fingerprint density at radius 3 is 2.89 bits per heavy atom. The summed E-state index contributed by atoms with van der Waals surface area (Å²) in [5.41, 5.74) is 4.47. The summed E-state index contributed by atoms with van der Waals surface area (Å²) in [5.74, 6) is 1.40. The van der Waals surface area contributed by atoms with E-state index in [0.29, 0.717) is 10.7 Å². The number of benzene rings is 1. The van der Waals surface area contributed by atoms with E-state index >= 15 is 0 Å². The quantitative estimate of drug-likeness (QED) is 0.831. The van der Waals surface area contributed by atoms with Crippen LogP contribution in [0.25, 0.3) is 0 Å². The highest BCUT2D eigenvalue weighted by atomic mass is 32.1. The third kappa shape index (κ3) is 2.25. The van der Waals surface area contributed by atoms with Crippen molar-refractivity contribution >= 4 is 12.2 Å². The third-order valence-corrected chi connectivity index (χ3v) is 3.93. The van der Waals surface area contributed by atoms with Gasteiger partial charge >= 0.3 is 0 Å². The maximum absolute atomic E-state index is 4.97. The summed E-state index contributed by atoms with van der Waals surface area (Å²) in [6.45, 7) is 2.24. The van der Waals surface area contributed by atoms with Crippen LogP contribution in [0.3, 0.4) is 0 Å². The van der Waals surface area contributed by atoms with E-state index in [0.717, 1.165) is 12.2 Å². The summed E-state index contributed by atoms with van der Waals surface area (Å²) in [7, 11) is 0. The van der Waals surface area contributed by atoms with Crippen LogP contribution >= 0.6 is 12.2 Å². The van der Waals surface area contributed by atoms with Gasteiger partial charge in [-0.15, -0.1) is 0 Å². The van der Waals surface area contributed by atoms with Gasteiger partial charge < -0.3 is 0 Å². The van der Waals surface area contributed by atoms with E-state index in [4.69, 9.17) is 12.2 Å². The highest BCUT2D eigenvalue weighted by molar-refractivity contribution is 7.71. The summed E-state index contributed by atoms with van der Waals surface area (Å²) in [5, 5.41) is 5.86. The number of nitrogens with zero attached hydrogens (tertiary/aromatic N) is 1. The lowest BCUT2D eigenvalue weighted by molar-refractivity contribution is 0.719. The minimum Gasteiger partial charge on any atom is -0.286 e. The van der Waals surface area contributed by atoms with Gasteiger partial charge in [-0.2, -0.15) is 0 Å². The van der Waals surface area contributed by atoms with Crippen LogP contribution in [0.4, 0.5) is 0 Å². The van der Waals surface area contributed by atoms with E-state index in [-0.39, 0.29) is 0 Å². The van der Waals surface area contributed by atoms with Crippen molar-refractivity contribution in [2.24, 2.45) is 0 Å². The molecular weight excluding hydrogens is 242 g/mol. The minimum absolute atomic E-state index is 0.463. The summed E-state index contributed by atoms with van der Waals surface area (Å²) in [6, 6.07) is 6.92. The van der Waals surface area contributed by atoms with Crippen molar-refractivity contribution in [3.8, 4) is 0 Å². The van der Waals surface area contributed by atoms with Gasteiger partial charge in [-0.3, -0.25) is 10.2 Å². The van der Waals surface area contributed by atoms with E-state index in [9.17, 15) is 0 Å². The number of aromatic amines is 2. The SMILES string of the molecule is CC(Cc1nc(=S)[nH][nH]1)c1ccc2c(c1)CCC2. The number of hydrogen-bond donors (Lipinski definition) is 2. The Morgan fingerprint density at radius 2 is 2.11 bits per heavy atom. The molecule has 0 saturated carbocycles. The molecule has 4 heteroatoms. The van der Waals surface area contributed by atoms with Crippen molar-refractivity contribution in [1.29, 1.82) is 0 Å². The minimum atomic E-state index is 0.463. The van der Waals surface area contributed by atoms with Gasteiger partial charge in [0.15, 0.2) is 0 Å². The number of rotatable bonds is 3. The van der Waals surface area contributed by atoms with Crippen LogP contribution in [-0.4, -0.2) is 15.2 Å². The first-order valence-corrected chi connectivity index (χ1v) is 6.88. The Labute approximate surface area is 112 Å². The fraction of sp³-hybridized carbons (Fsp3) is 0.429. The standard InChI is InChI=1S/C14H17N3S/c1-9(7-13-15-14(18)17-16-13)11-6-5-10-3-2-4-12(10)8-11/h5-6,8-9H,2-4,7H2,1H3,(H2,15,16,17,18). The Hall–Kier alpha value is -1.42. The molecule has 2 aromatic rings. The molecule has 1 heterocycles. The molecule has 3 rings (SSSR count). The fourth-order valence-corrected chi connectivity index (χ4v) is 2.87. The molecule has 0 amide bonds. The molecule has 0 radical (unpaired) electrons. The Bertz CT molecular complexity index is 611. The molecule has 94 valence electrons. The molecule has 1 aromatic carbocycles. The van der Waals surface area contributed by atoms with Crippen LogP contribution in [-0.2, 0) is 19.3 Å². The van der Waals surface area contributed by atoms with Crippen LogP contribution in [0.15, 0.2) is 18.2 Å². The number of H-pyrrole nitrogens is 2. The van der Waals surface area contributed by atoms with Crippen molar-refractivity contribution in [2.75, 3.05) is 0 Å². The molecule has 1 unspecified atom stereocenters. The topological polar surface area (TPSA) is 44.5 Å². The van der Waals surface area contributed by atoms with Crippen LogP contribution < -0.4 is 0 Å². The smallest absolute Gasteiger partial charge is 0.213 e. The Kier molecular flexibility index (Phi) is 3.04. The number of aryl methyl sites for hydroxylation is 2. The second kappa shape index (κ2) is 4.69. The first-order valence-electron chi connectivity index (χ1n) is 6.47. The molecular formula is C14H17N3S. The molecule has 0 aliphatic heterocycles. The number of nitrogens with one attached hydrogen (secondary N) is 2. The summed E-state index contributed by atoms with van der Waals surface area (Å²) in [4.78, 5) is 4.25. The zero-order chi connectivity index (χ0) is 12.5. The van der Waals surface area contributed by atoms with E-state index in [2.05, 4.69) is 40.3 Å². The van der Waals surface area contributed by atoms with Crippen molar-refractivity contribution in [3.05, 3.63) is 45.5 Å². The lowest BCUT2D eigenvalue weighted by Gasteiger charge is -2.12. The number of fused-ring (bicyclic) bond motifs is 1. The largest absolute Gasteiger partial charge is 0.286 e. The van der Waals surface area contributed by atoms with Crippen molar-refractivity contribution in [3.63, 3.8) is 0 Å². The lowest BCUT2D eigenvalue weighted by Crippen LogP contribution is -2.01. The first-order chi connectivity index (χ1) is 8.72. The van der Waals surface area contributed by atoms with Gasteiger partial charge in [-0.1, -0.05) is 25.1 Å². The van der Waals surface area contributed by atoms with Crippen LogP contribution in [0.2, 0.25) is 0 Å².